The molecular formula is C17H19NO3S. The molecule has 0 aliphatic rings. The van der Waals surface area contributed by atoms with Crippen molar-refractivity contribution in [1.29, 1.82) is 0 Å². The summed E-state index contributed by atoms with van der Waals surface area (Å²) in [4.78, 5) is 13.3. The zero-order valence-electron chi connectivity index (χ0n) is 12.7. The third-order valence-corrected chi connectivity index (χ3v) is 3.95. The van der Waals surface area contributed by atoms with E-state index in [0.29, 0.717) is 11.5 Å². The molecule has 0 unspecified atom stereocenters. The molecule has 1 aromatic carbocycles. The minimum absolute atomic E-state index is 0.185. The topological polar surface area (TPSA) is 53.8 Å². The van der Waals surface area contributed by atoms with Gasteiger partial charge in [0.1, 0.15) is 18.9 Å². The molecule has 0 radical (unpaired) electrons. The number of nitrogens with one attached hydrogen (secondary N) is 1. The summed E-state index contributed by atoms with van der Waals surface area (Å²) in [6.07, 6.45) is 1.62. The second-order valence-electron chi connectivity index (χ2n) is 5.20. The maximum atomic E-state index is 11.3. The van der Waals surface area contributed by atoms with E-state index in [2.05, 4.69) is 14.1 Å². The Bertz CT molecular complexity index is 648. The molecule has 0 aliphatic heterocycles. The minimum atomic E-state index is -1.18. The summed E-state index contributed by atoms with van der Waals surface area (Å²) in [7, 11) is 4.13. The zero-order chi connectivity index (χ0) is 15.9. The highest BCUT2D eigenvalue weighted by molar-refractivity contribution is 7.11. The fourth-order valence-corrected chi connectivity index (χ4v) is 2.63. The van der Waals surface area contributed by atoms with Crippen molar-refractivity contribution < 1.29 is 19.5 Å². The first-order valence-corrected chi connectivity index (χ1v) is 7.93. The Morgan fingerprint density at radius 3 is 2.77 bits per heavy atom. The number of benzene rings is 1. The molecule has 5 heteroatoms. The van der Waals surface area contributed by atoms with Crippen LogP contribution in [0.5, 0.6) is 5.75 Å². The van der Waals surface area contributed by atoms with E-state index in [1.807, 2.05) is 35.7 Å². The van der Waals surface area contributed by atoms with Crippen LogP contribution in [0.1, 0.15) is 10.4 Å². The van der Waals surface area contributed by atoms with Crippen LogP contribution in [0.4, 0.5) is 0 Å². The minimum Gasteiger partial charge on any atom is -0.545 e. The first kappa shape index (κ1) is 16.3. The number of hydrogen-bond donors (Lipinski definition) is 1. The summed E-state index contributed by atoms with van der Waals surface area (Å²) in [5.41, 5.74) is 0.965. The van der Waals surface area contributed by atoms with Gasteiger partial charge < -0.3 is 19.5 Å². The van der Waals surface area contributed by atoms with E-state index >= 15 is 0 Å². The molecule has 0 bridgehead atoms. The van der Waals surface area contributed by atoms with Crippen molar-refractivity contribution in [3.8, 4) is 5.75 Å². The van der Waals surface area contributed by atoms with E-state index in [1.165, 1.54) is 16.2 Å². The van der Waals surface area contributed by atoms with Crippen molar-refractivity contribution >= 4 is 29.0 Å². The summed E-state index contributed by atoms with van der Waals surface area (Å²) in [6, 6.07) is 11.0. The summed E-state index contributed by atoms with van der Waals surface area (Å²) in [5.74, 6) is -0.441. The van der Waals surface area contributed by atoms with Crippen LogP contribution in [0.2, 0.25) is 0 Å². The molecule has 0 amide bonds. The molecule has 116 valence electrons. The van der Waals surface area contributed by atoms with E-state index < -0.39 is 5.97 Å². The highest BCUT2D eigenvalue weighted by atomic mass is 32.1. The number of carboxylic acid groups (broad SMARTS) is 1. The second-order valence-corrected chi connectivity index (χ2v) is 6.15. The fraction of sp³-hybridized carbons (Fsp3) is 0.235. The predicted octanol–water partition coefficient (Wildman–Crippen LogP) is 0.562. The number of aliphatic carboxylic acids is 1. The van der Waals surface area contributed by atoms with Crippen molar-refractivity contribution in [2.24, 2.45) is 0 Å². The molecule has 0 fully saturated rings. The van der Waals surface area contributed by atoms with Crippen LogP contribution < -0.4 is 14.7 Å². The van der Waals surface area contributed by atoms with Gasteiger partial charge in [-0.2, -0.15) is 0 Å². The molecule has 0 saturated heterocycles. The van der Waals surface area contributed by atoms with E-state index in [9.17, 15) is 9.90 Å². The highest BCUT2D eigenvalue weighted by Gasteiger charge is 2.05. The number of likely N-dealkylation sites (N-methyl/N-ethyl adjacent to an activating group) is 1. The van der Waals surface area contributed by atoms with Crippen molar-refractivity contribution in [3.05, 3.63) is 52.2 Å². The smallest absolute Gasteiger partial charge is 0.137 e. The Morgan fingerprint density at radius 2 is 2.14 bits per heavy atom. The van der Waals surface area contributed by atoms with E-state index in [-0.39, 0.29) is 5.57 Å². The summed E-state index contributed by atoms with van der Waals surface area (Å²) in [5, 5.41) is 13.2. The van der Waals surface area contributed by atoms with Gasteiger partial charge in [-0.05, 0) is 35.2 Å². The van der Waals surface area contributed by atoms with Crippen LogP contribution >= 0.6 is 11.3 Å². The van der Waals surface area contributed by atoms with Crippen LogP contribution in [-0.4, -0.2) is 33.2 Å². The van der Waals surface area contributed by atoms with Crippen molar-refractivity contribution in [3.63, 3.8) is 0 Å². The number of thiophene rings is 1. The lowest BCUT2D eigenvalue weighted by molar-refractivity contribution is -0.858. The van der Waals surface area contributed by atoms with Gasteiger partial charge in [-0.1, -0.05) is 18.2 Å². The van der Waals surface area contributed by atoms with Gasteiger partial charge in [-0.15, -0.1) is 11.3 Å². The average molecular weight is 317 g/mol. The first-order chi connectivity index (χ1) is 10.6. The van der Waals surface area contributed by atoms with Crippen LogP contribution in [0, 0.1) is 0 Å². The Kier molecular flexibility index (Phi) is 5.75. The zero-order valence-corrected chi connectivity index (χ0v) is 13.5. The van der Waals surface area contributed by atoms with E-state index in [4.69, 9.17) is 4.74 Å². The van der Waals surface area contributed by atoms with Crippen molar-refractivity contribution in [1.82, 2.24) is 0 Å². The lowest BCUT2D eigenvalue weighted by atomic mass is 10.1. The third-order valence-electron chi connectivity index (χ3n) is 3.05. The molecule has 22 heavy (non-hydrogen) atoms. The highest BCUT2D eigenvalue weighted by Crippen LogP contribution is 2.24. The van der Waals surface area contributed by atoms with Gasteiger partial charge in [0.05, 0.1) is 20.1 Å². The van der Waals surface area contributed by atoms with Gasteiger partial charge in [0.25, 0.3) is 0 Å². The normalized spacial score (nSPS) is 11.7. The molecule has 1 aromatic heterocycles. The second kappa shape index (κ2) is 7.77. The average Bonchev–Trinajstić information content (AvgIpc) is 2.98. The Labute approximate surface area is 134 Å². The van der Waals surface area contributed by atoms with Gasteiger partial charge in [-0.3, -0.25) is 0 Å². The lowest BCUT2D eigenvalue weighted by Gasteiger charge is -2.10. The van der Waals surface area contributed by atoms with Gasteiger partial charge in [0.2, 0.25) is 0 Å². The first-order valence-electron chi connectivity index (χ1n) is 7.05. The van der Waals surface area contributed by atoms with E-state index in [1.54, 1.807) is 12.1 Å². The molecule has 2 aromatic rings. The molecule has 1 N–H and O–H groups in total. The Hall–Kier alpha value is -2.11. The van der Waals surface area contributed by atoms with Crippen LogP contribution in [0.3, 0.4) is 0 Å². The molecule has 0 spiro atoms. The predicted molar refractivity (Wildman–Crippen MR) is 86.8 cm³/mol. The fourth-order valence-electron chi connectivity index (χ4n) is 1.90. The number of ether oxygens (including phenoxy) is 1. The summed E-state index contributed by atoms with van der Waals surface area (Å²) < 4.78 is 5.68. The van der Waals surface area contributed by atoms with Crippen molar-refractivity contribution in [2.45, 2.75) is 0 Å². The third kappa shape index (κ3) is 4.72. The van der Waals surface area contributed by atoms with Crippen LogP contribution in [-0.2, 0) is 4.79 Å². The summed E-state index contributed by atoms with van der Waals surface area (Å²) in [6.45, 7) is 1.52. The summed E-state index contributed by atoms with van der Waals surface area (Å²) >= 11 is 1.38. The quantitative estimate of drug-likeness (QED) is 0.759. The van der Waals surface area contributed by atoms with Gasteiger partial charge in [0, 0.05) is 10.5 Å². The number of rotatable bonds is 7. The Morgan fingerprint density at radius 1 is 1.32 bits per heavy atom. The standard InChI is InChI=1S/C17H19NO3S/c1-18(2)8-9-21-14-6-3-5-13(11-14)12-15(17(19)20)16-7-4-10-22-16/h3-7,10-12H,8-9H2,1-2H3,(H,19,20)/b15-12-. The number of carboxylic acids is 1. The molecule has 4 nitrogen and oxygen atoms in total. The molecule has 0 aliphatic carbocycles. The largest absolute Gasteiger partial charge is 0.545 e. The molecule has 2 rings (SSSR count). The molecular weight excluding hydrogens is 298 g/mol. The van der Waals surface area contributed by atoms with Crippen molar-refractivity contribution in [2.75, 3.05) is 27.2 Å². The van der Waals surface area contributed by atoms with Gasteiger partial charge >= 0.3 is 0 Å². The molecule has 1 heterocycles. The number of carbonyl (C=O) groups is 1. The maximum absolute atomic E-state index is 11.3. The van der Waals surface area contributed by atoms with Gasteiger partial charge in [-0.25, -0.2) is 0 Å². The number of quaternary nitrogens is 1. The molecule has 0 atom stereocenters. The van der Waals surface area contributed by atoms with E-state index in [0.717, 1.165) is 17.9 Å². The number of carbonyl (C=O) groups excluding carboxylic acids is 1. The SMILES string of the molecule is C[NH+](C)CCOc1cccc(/C=C(\C(=O)[O-])c2cccs2)c1. The van der Waals surface area contributed by atoms with Crippen LogP contribution in [0.15, 0.2) is 41.8 Å². The maximum Gasteiger partial charge on any atom is 0.137 e. The number of hydrogen-bond acceptors (Lipinski definition) is 4. The monoisotopic (exact) mass is 317 g/mol. The van der Waals surface area contributed by atoms with Crippen LogP contribution in [0.25, 0.3) is 11.6 Å². The van der Waals surface area contributed by atoms with Gasteiger partial charge in [0.15, 0.2) is 0 Å². The Balaban J connectivity index is 2.17. The molecule has 0 saturated carbocycles. The lowest BCUT2D eigenvalue weighted by Crippen LogP contribution is -3.06.